The van der Waals surface area contributed by atoms with E-state index >= 15 is 0 Å². The fraction of sp³-hybridized carbons (Fsp3) is 0.188. The number of fused-ring (bicyclic) bond motifs is 1. The first kappa shape index (κ1) is 12.5. The van der Waals surface area contributed by atoms with Crippen LogP contribution in [0.5, 0.6) is 11.5 Å². The SMILES string of the molecule is Cc1cccc(C(=O)N(C)c2ccc3c(c2)OCO3)c1. The van der Waals surface area contributed by atoms with E-state index in [-0.39, 0.29) is 12.7 Å². The first-order chi connectivity index (χ1) is 9.65. The highest BCUT2D eigenvalue weighted by molar-refractivity contribution is 6.05. The largest absolute Gasteiger partial charge is 0.454 e. The molecule has 0 fully saturated rings. The second kappa shape index (κ2) is 4.89. The van der Waals surface area contributed by atoms with Crippen LogP contribution in [0.3, 0.4) is 0 Å². The van der Waals surface area contributed by atoms with Gasteiger partial charge < -0.3 is 14.4 Å². The molecule has 0 aliphatic carbocycles. The number of ether oxygens (including phenoxy) is 2. The summed E-state index contributed by atoms with van der Waals surface area (Å²) in [6.45, 7) is 2.20. The summed E-state index contributed by atoms with van der Waals surface area (Å²) < 4.78 is 10.6. The molecule has 0 bridgehead atoms. The summed E-state index contributed by atoms with van der Waals surface area (Å²) in [7, 11) is 1.75. The molecule has 1 aliphatic rings. The molecule has 4 nitrogen and oxygen atoms in total. The molecule has 0 N–H and O–H groups in total. The van der Waals surface area contributed by atoms with E-state index in [4.69, 9.17) is 9.47 Å². The minimum atomic E-state index is -0.0486. The van der Waals surface area contributed by atoms with Crippen molar-refractivity contribution in [2.75, 3.05) is 18.7 Å². The summed E-state index contributed by atoms with van der Waals surface area (Å²) in [5.41, 5.74) is 2.51. The Bertz CT molecular complexity index is 667. The zero-order valence-electron chi connectivity index (χ0n) is 11.4. The Hall–Kier alpha value is -2.49. The van der Waals surface area contributed by atoms with Crippen LogP contribution in [0.15, 0.2) is 42.5 Å². The van der Waals surface area contributed by atoms with E-state index in [1.165, 1.54) is 0 Å². The molecule has 1 aliphatic heterocycles. The standard InChI is InChI=1S/C16H15NO3/c1-11-4-3-5-12(8-11)16(18)17(2)13-6-7-14-15(9-13)20-10-19-14/h3-9H,10H2,1-2H3. The van der Waals surface area contributed by atoms with Crippen molar-refractivity contribution < 1.29 is 14.3 Å². The van der Waals surface area contributed by atoms with Crippen molar-refractivity contribution in [2.24, 2.45) is 0 Å². The molecule has 0 saturated carbocycles. The van der Waals surface area contributed by atoms with Gasteiger partial charge in [0.2, 0.25) is 6.79 Å². The maximum absolute atomic E-state index is 12.5. The van der Waals surface area contributed by atoms with Crippen molar-refractivity contribution in [1.82, 2.24) is 0 Å². The first-order valence-corrected chi connectivity index (χ1v) is 6.39. The lowest BCUT2D eigenvalue weighted by atomic mass is 10.1. The Labute approximate surface area is 117 Å². The molecule has 20 heavy (non-hydrogen) atoms. The molecule has 0 radical (unpaired) electrons. The second-order valence-corrected chi connectivity index (χ2v) is 4.77. The lowest BCUT2D eigenvalue weighted by molar-refractivity contribution is 0.0993. The summed E-state index contributed by atoms with van der Waals surface area (Å²) >= 11 is 0. The number of hydrogen-bond acceptors (Lipinski definition) is 3. The van der Waals surface area contributed by atoms with Crippen molar-refractivity contribution in [1.29, 1.82) is 0 Å². The Morgan fingerprint density at radius 1 is 1.10 bits per heavy atom. The number of nitrogens with zero attached hydrogens (tertiary/aromatic N) is 1. The molecule has 0 spiro atoms. The fourth-order valence-electron chi connectivity index (χ4n) is 2.18. The van der Waals surface area contributed by atoms with Crippen molar-refractivity contribution >= 4 is 11.6 Å². The topological polar surface area (TPSA) is 38.8 Å². The van der Waals surface area contributed by atoms with Gasteiger partial charge in [-0.05, 0) is 31.2 Å². The Morgan fingerprint density at radius 3 is 2.70 bits per heavy atom. The zero-order valence-corrected chi connectivity index (χ0v) is 11.4. The molecule has 0 saturated heterocycles. The molecule has 1 heterocycles. The lowest BCUT2D eigenvalue weighted by Gasteiger charge is -2.18. The minimum Gasteiger partial charge on any atom is -0.454 e. The average molecular weight is 269 g/mol. The monoisotopic (exact) mass is 269 g/mol. The van der Waals surface area contributed by atoms with Crippen LogP contribution >= 0.6 is 0 Å². The van der Waals surface area contributed by atoms with Crippen LogP contribution in [0.1, 0.15) is 15.9 Å². The third-order valence-corrected chi connectivity index (χ3v) is 3.31. The first-order valence-electron chi connectivity index (χ1n) is 6.39. The van der Waals surface area contributed by atoms with Crippen LogP contribution in [0.25, 0.3) is 0 Å². The van der Waals surface area contributed by atoms with Crippen LogP contribution in [-0.2, 0) is 0 Å². The predicted octanol–water partition coefficient (Wildman–Crippen LogP) is 3.00. The van der Waals surface area contributed by atoms with E-state index in [0.29, 0.717) is 17.1 Å². The lowest BCUT2D eigenvalue weighted by Crippen LogP contribution is -2.26. The maximum atomic E-state index is 12.5. The molecule has 0 aromatic heterocycles. The van der Waals surface area contributed by atoms with E-state index in [0.717, 1.165) is 11.3 Å². The van der Waals surface area contributed by atoms with Crippen molar-refractivity contribution in [2.45, 2.75) is 6.92 Å². The van der Waals surface area contributed by atoms with Gasteiger partial charge in [0.25, 0.3) is 5.91 Å². The van der Waals surface area contributed by atoms with Crippen LogP contribution in [0.2, 0.25) is 0 Å². The number of rotatable bonds is 2. The van der Waals surface area contributed by atoms with Gasteiger partial charge in [-0.1, -0.05) is 17.7 Å². The second-order valence-electron chi connectivity index (χ2n) is 4.77. The normalized spacial score (nSPS) is 12.3. The molecule has 102 valence electrons. The predicted molar refractivity (Wildman–Crippen MR) is 76.5 cm³/mol. The average Bonchev–Trinajstić information content (AvgIpc) is 2.93. The number of carbonyl (C=O) groups excluding carboxylic acids is 1. The minimum absolute atomic E-state index is 0.0486. The zero-order chi connectivity index (χ0) is 14.1. The Balaban J connectivity index is 1.88. The van der Waals surface area contributed by atoms with Gasteiger partial charge in [0.1, 0.15) is 0 Å². The Morgan fingerprint density at radius 2 is 1.90 bits per heavy atom. The summed E-state index contributed by atoms with van der Waals surface area (Å²) in [5, 5.41) is 0. The van der Waals surface area contributed by atoms with E-state index in [1.54, 1.807) is 11.9 Å². The number of hydrogen-bond donors (Lipinski definition) is 0. The van der Waals surface area contributed by atoms with Gasteiger partial charge in [-0.3, -0.25) is 4.79 Å². The molecule has 2 aromatic carbocycles. The van der Waals surface area contributed by atoms with Gasteiger partial charge in [-0.25, -0.2) is 0 Å². The van der Waals surface area contributed by atoms with Crippen LogP contribution in [-0.4, -0.2) is 19.7 Å². The van der Waals surface area contributed by atoms with E-state index in [9.17, 15) is 4.79 Å². The molecule has 0 atom stereocenters. The molecule has 1 amide bonds. The molecule has 4 heteroatoms. The van der Waals surface area contributed by atoms with Crippen molar-refractivity contribution in [3.05, 3.63) is 53.6 Å². The number of anilines is 1. The summed E-state index contributed by atoms with van der Waals surface area (Å²) in [4.78, 5) is 14.1. The number of aryl methyl sites for hydroxylation is 1. The number of benzene rings is 2. The van der Waals surface area contributed by atoms with Crippen LogP contribution < -0.4 is 14.4 Å². The van der Waals surface area contributed by atoms with E-state index in [2.05, 4.69) is 0 Å². The van der Waals surface area contributed by atoms with Gasteiger partial charge in [-0.2, -0.15) is 0 Å². The molecule has 3 rings (SSSR count). The molecular weight excluding hydrogens is 254 g/mol. The highest BCUT2D eigenvalue weighted by atomic mass is 16.7. The third-order valence-electron chi connectivity index (χ3n) is 3.31. The Kier molecular flexibility index (Phi) is 3.06. The molecular formula is C16H15NO3. The smallest absolute Gasteiger partial charge is 0.258 e. The maximum Gasteiger partial charge on any atom is 0.258 e. The summed E-state index contributed by atoms with van der Waals surface area (Å²) in [5.74, 6) is 1.34. The quantitative estimate of drug-likeness (QED) is 0.841. The van der Waals surface area contributed by atoms with E-state index < -0.39 is 0 Å². The van der Waals surface area contributed by atoms with Gasteiger partial charge in [0.15, 0.2) is 11.5 Å². The van der Waals surface area contributed by atoms with Gasteiger partial charge in [-0.15, -0.1) is 0 Å². The summed E-state index contributed by atoms with van der Waals surface area (Å²) in [6.07, 6.45) is 0. The molecule has 0 unspecified atom stereocenters. The van der Waals surface area contributed by atoms with E-state index in [1.807, 2.05) is 49.4 Å². The highest BCUT2D eigenvalue weighted by Crippen LogP contribution is 2.35. The number of amides is 1. The van der Waals surface area contributed by atoms with Gasteiger partial charge in [0, 0.05) is 24.4 Å². The third kappa shape index (κ3) is 2.20. The van der Waals surface area contributed by atoms with Crippen molar-refractivity contribution in [3.63, 3.8) is 0 Å². The van der Waals surface area contributed by atoms with Crippen LogP contribution in [0, 0.1) is 6.92 Å². The van der Waals surface area contributed by atoms with Gasteiger partial charge in [0.05, 0.1) is 0 Å². The van der Waals surface area contributed by atoms with Crippen LogP contribution in [0.4, 0.5) is 5.69 Å². The van der Waals surface area contributed by atoms with Gasteiger partial charge >= 0.3 is 0 Å². The summed E-state index contributed by atoms with van der Waals surface area (Å²) in [6, 6.07) is 13.0. The highest BCUT2D eigenvalue weighted by Gasteiger charge is 2.18. The molecule has 2 aromatic rings. The van der Waals surface area contributed by atoms with Crippen molar-refractivity contribution in [3.8, 4) is 11.5 Å². The number of carbonyl (C=O) groups is 1. The fourth-order valence-corrected chi connectivity index (χ4v) is 2.18.